The van der Waals surface area contributed by atoms with Crippen LogP contribution >= 0.6 is 0 Å². The molecule has 0 radical (unpaired) electrons. The molecule has 28 heavy (non-hydrogen) atoms. The molecular weight excluding hydrogens is 350 g/mol. The highest BCUT2D eigenvalue weighted by Crippen LogP contribution is 2.18. The summed E-state index contributed by atoms with van der Waals surface area (Å²) in [5.41, 5.74) is 2.99. The summed E-state index contributed by atoms with van der Waals surface area (Å²) in [5.74, 6) is 1.19. The molecule has 6 heteroatoms. The Morgan fingerprint density at radius 2 is 1.93 bits per heavy atom. The van der Waals surface area contributed by atoms with E-state index in [1.165, 1.54) is 11.1 Å². The van der Waals surface area contributed by atoms with Gasteiger partial charge in [-0.05, 0) is 43.7 Å². The van der Waals surface area contributed by atoms with Crippen molar-refractivity contribution in [1.29, 1.82) is 0 Å². The number of hydrogen-bond donors (Lipinski definition) is 2. The van der Waals surface area contributed by atoms with E-state index in [0.717, 1.165) is 90.4 Å². The molecule has 154 valence electrons. The highest BCUT2D eigenvalue weighted by molar-refractivity contribution is 5.79. The minimum atomic E-state index is 0.300. The van der Waals surface area contributed by atoms with Gasteiger partial charge >= 0.3 is 0 Å². The van der Waals surface area contributed by atoms with E-state index >= 15 is 0 Å². The smallest absolute Gasteiger partial charge is 0.222 e. The van der Waals surface area contributed by atoms with Crippen molar-refractivity contribution in [2.24, 2.45) is 4.99 Å². The number of hydrogen-bond acceptors (Lipinski definition) is 3. The average molecular weight is 386 g/mol. The van der Waals surface area contributed by atoms with Gasteiger partial charge in [-0.2, -0.15) is 0 Å². The fraction of sp³-hybridized carbons (Fsp3) is 0.636. The Kier molecular flexibility index (Phi) is 8.15. The van der Waals surface area contributed by atoms with Crippen molar-refractivity contribution >= 4 is 11.9 Å². The van der Waals surface area contributed by atoms with Gasteiger partial charge in [-0.15, -0.1) is 0 Å². The van der Waals surface area contributed by atoms with Crippen LogP contribution in [-0.2, 0) is 17.8 Å². The molecule has 1 fully saturated rings. The number of nitrogens with zero attached hydrogens (tertiary/aromatic N) is 3. The fourth-order valence-corrected chi connectivity index (χ4v) is 3.99. The van der Waals surface area contributed by atoms with Gasteiger partial charge in [0.05, 0.1) is 0 Å². The van der Waals surface area contributed by atoms with Gasteiger partial charge in [0.25, 0.3) is 0 Å². The molecule has 0 unspecified atom stereocenters. The molecule has 6 nitrogen and oxygen atoms in total. The number of carbonyl (C=O) groups is 1. The lowest BCUT2D eigenvalue weighted by atomic mass is 10.00. The second kappa shape index (κ2) is 11.1. The van der Waals surface area contributed by atoms with Gasteiger partial charge in [-0.1, -0.05) is 24.3 Å². The molecule has 1 amide bonds. The van der Waals surface area contributed by atoms with E-state index in [4.69, 9.17) is 0 Å². The first-order valence-corrected chi connectivity index (χ1v) is 10.9. The van der Waals surface area contributed by atoms with Crippen LogP contribution in [0.3, 0.4) is 0 Å². The van der Waals surface area contributed by atoms with Gasteiger partial charge in [0, 0.05) is 58.8 Å². The number of guanidine groups is 1. The number of likely N-dealkylation sites (tertiary alicyclic amines) is 1. The Morgan fingerprint density at radius 1 is 1.07 bits per heavy atom. The van der Waals surface area contributed by atoms with E-state index in [-0.39, 0.29) is 0 Å². The van der Waals surface area contributed by atoms with E-state index in [2.05, 4.69) is 51.7 Å². The molecule has 1 aromatic rings. The highest BCUT2D eigenvalue weighted by Gasteiger charge is 2.19. The quantitative estimate of drug-likeness (QED) is 0.388. The number of benzene rings is 1. The van der Waals surface area contributed by atoms with Crippen molar-refractivity contribution in [1.82, 2.24) is 20.4 Å². The maximum absolute atomic E-state index is 11.6. The monoisotopic (exact) mass is 385 g/mol. The van der Waals surface area contributed by atoms with Gasteiger partial charge in [0.15, 0.2) is 5.96 Å². The molecule has 2 aliphatic heterocycles. The van der Waals surface area contributed by atoms with Crippen LogP contribution in [-0.4, -0.2) is 67.5 Å². The molecule has 0 spiro atoms. The van der Waals surface area contributed by atoms with Crippen molar-refractivity contribution < 1.29 is 4.79 Å². The summed E-state index contributed by atoms with van der Waals surface area (Å²) in [5, 5.41) is 6.76. The summed E-state index contributed by atoms with van der Waals surface area (Å²) >= 11 is 0. The lowest BCUT2D eigenvalue weighted by molar-refractivity contribution is -0.127. The molecular formula is C22H35N5O. The van der Waals surface area contributed by atoms with Crippen LogP contribution in [0.1, 0.15) is 43.7 Å². The molecule has 2 heterocycles. The van der Waals surface area contributed by atoms with E-state index in [9.17, 15) is 4.79 Å². The first kappa shape index (κ1) is 20.6. The van der Waals surface area contributed by atoms with Crippen LogP contribution in [0.2, 0.25) is 0 Å². The number of amides is 1. The first-order chi connectivity index (χ1) is 13.8. The summed E-state index contributed by atoms with van der Waals surface area (Å²) in [6.45, 7) is 9.71. The predicted octanol–water partition coefficient (Wildman–Crippen LogP) is 2.00. The zero-order valence-electron chi connectivity index (χ0n) is 17.3. The summed E-state index contributed by atoms with van der Waals surface area (Å²) in [6.07, 6.45) is 4.92. The molecule has 1 aromatic carbocycles. The van der Waals surface area contributed by atoms with Crippen molar-refractivity contribution in [3.63, 3.8) is 0 Å². The maximum Gasteiger partial charge on any atom is 0.222 e. The van der Waals surface area contributed by atoms with Gasteiger partial charge in [0.2, 0.25) is 5.91 Å². The van der Waals surface area contributed by atoms with E-state index in [1.54, 1.807) is 0 Å². The Bertz CT molecular complexity index is 660. The summed E-state index contributed by atoms with van der Waals surface area (Å²) in [4.78, 5) is 20.8. The Morgan fingerprint density at radius 3 is 2.71 bits per heavy atom. The van der Waals surface area contributed by atoms with Crippen molar-refractivity contribution in [2.45, 2.75) is 45.6 Å². The van der Waals surface area contributed by atoms with Crippen LogP contribution in [0.5, 0.6) is 0 Å². The molecule has 0 saturated carbocycles. The second-order valence-corrected chi connectivity index (χ2v) is 7.67. The summed E-state index contributed by atoms with van der Waals surface area (Å²) < 4.78 is 0. The van der Waals surface area contributed by atoms with E-state index < -0.39 is 0 Å². The molecule has 2 aliphatic rings. The first-order valence-electron chi connectivity index (χ1n) is 10.9. The normalized spacial score (nSPS) is 17.7. The van der Waals surface area contributed by atoms with Gasteiger partial charge < -0.3 is 15.5 Å². The number of nitrogens with one attached hydrogen (secondary N) is 2. The molecule has 0 atom stereocenters. The van der Waals surface area contributed by atoms with Crippen molar-refractivity contribution in [3.05, 3.63) is 35.4 Å². The van der Waals surface area contributed by atoms with Crippen LogP contribution in [0.25, 0.3) is 0 Å². The van der Waals surface area contributed by atoms with E-state index in [1.807, 2.05) is 4.90 Å². The lowest BCUT2D eigenvalue weighted by Crippen LogP contribution is -2.39. The topological polar surface area (TPSA) is 60.0 Å². The molecule has 0 aliphatic carbocycles. The molecule has 0 bridgehead atoms. The second-order valence-electron chi connectivity index (χ2n) is 7.67. The van der Waals surface area contributed by atoms with Gasteiger partial charge in [-0.25, -0.2) is 0 Å². The van der Waals surface area contributed by atoms with Gasteiger partial charge in [0.1, 0.15) is 0 Å². The lowest BCUT2D eigenvalue weighted by Gasteiger charge is -2.28. The minimum absolute atomic E-state index is 0.300. The summed E-state index contributed by atoms with van der Waals surface area (Å²) in [7, 11) is 0. The molecule has 1 saturated heterocycles. The number of carbonyl (C=O) groups excluding carboxylic acids is 1. The van der Waals surface area contributed by atoms with Crippen LogP contribution in [0, 0.1) is 0 Å². The predicted molar refractivity (Wildman–Crippen MR) is 114 cm³/mol. The largest absolute Gasteiger partial charge is 0.357 e. The number of aliphatic imine (C=N–C) groups is 1. The number of rotatable bonds is 9. The Hall–Kier alpha value is -2.08. The number of fused-ring (bicyclic) bond motifs is 1. The zero-order valence-corrected chi connectivity index (χ0v) is 17.3. The third kappa shape index (κ3) is 6.23. The SMILES string of the molecule is CCNC(=NCCCN1CCCC1=O)NCCCN1CCc2ccccc2C1. The third-order valence-electron chi connectivity index (χ3n) is 5.52. The molecule has 2 N–H and O–H groups in total. The average Bonchev–Trinajstić information content (AvgIpc) is 3.13. The molecule has 0 aromatic heterocycles. The zero-order chi connectivity index (χ0) is 19.6. The van der Waals surface area contributed by atoms with Crippen LogP contribution in [0.4, 0.5) is 0 Å². The summed E-state index contributed by atoms with van der Waals surface area (Å²) in [6, 6.07) is 8.80. The van der Waals surface area contributed by atoms with Crippen LogP contribution < -0.4 is 10.6 Å². The highest BCUT2D eigenvalue weighted by atomic mass is 16.2. The minimum Gasteiger partial charge on any atom is -0.357 e. The third-order valence-corrected chi connectivity index (χ3v) is 5.52. The van der Waals surface area contributed by atoms with Gasteiger partial charge in [-0.3, -0.25) is 14.7 Å². The van der Waals surface area contributed by atoms with Crippen molar-refractivity contribution in [3.8, 4) is 0 Å². The van der Waals surface area contributed by atoms with Crippen LogP contribution in [0.15, 0.2) is 29.3 Å². The molecule has 3 rings (SSSR count). The fourth-order valence-electron chi connectivity index (χ4n) is 3.99. The van der Waals surface area contributed by atoms with E-state index in [0.29, 0.717) is 5.91 Å². The maximum atomic E-state index is 11.6. The standard InChI is InChI=1S/C22H35N5O/c1-2-23-22(25-13-7-16-27-15-5-10-21(27)28)24-12-6-14-26-17-11-19-8-3-4-9-20(19)18-26/h3-4,8-9H,2,5-7,10-18H2,1H3,(H2,23,24,25). The van der Waals surface area contributed by atoms with Crippen molar-refractivity contribution in [2.75, 3.05) is 45.8 Å². The Labute approximate surface area is 169 Å². The Balaban J connectivity index is 1.32.